The number of nitrogens with zero attached hydrogens (tertiary/aromatic N) is 2. The van der Waals surface area contributed by atoms with E-state index in [9.17, 15) is 9.59 Å². The van der Waals surface area contributed by atoms with Gasteiger partial charge < -0.3 is 10.6 Å². The van der Waals surface area contributed by atoms with Gasteiger partial charge in [0.05, 0.1) is 13.1 Å². The van der Waals surface area contributed by atoms with Gasteiger partial charge >= 0.3 is 0 Å². The van der Waals surface area contributed by atoms with Gasteiger partial charge in [-0.3, -0.25) is 14.3 Å². The van der Waals surface area contributed by atoms with Gasteiger partial charge in [0.25, 0.3) is 5.91 Å². The van der Waals surface area contributed by atoms with E-state index in [1.165, 1.54) is 0 Å². The summed E-state index contributed by atoms with van der Waals surface area (Å²) in [5.41, 5.74) is 3.57. The molecule has 6 heteroatoms. The van der Waals surface area contributed by atoms with Crippen molar-refractivity contribution >= 4 is 11.8 Å². The Morgan fingerprint density at radius 2 is 1.81 bits per heavy atom. The normalized spacial score (nSPS) is 10.4. The van der Waals surface area contributed by atoms with Crippen LogP contribution in [0.15, 0.2) is 67.0 Å². The van der Waals surface area contributed by atoms with Crippen molar-refractivity contribution in [3.63, 3.8) is 0 Å². The van der Waals surface area contributed by atoms with Crippen molar-refractivity contribution in [3.8, 4) is 0 Å². The Bertz CT molecular complexity index is 919. The van der Waals surface area contributed by atoms with Gasteiger partial charge in [-0.15, -0.1) is 0 Å². The first-order chi connectivity index (χ1) is 13.1. The van der Waals surface area contributed by atoms with Gasteiger partial charge in [-0.05, 0) is 35.7 Å². The Labute approximate surface area is 158 Å². The second-order valence-electron chi connectivity index (χ2n) is 6.30. The van der Waals surface area contributed by atoms with E-state index in [0.717, 1.165) is 16.7 Å². The van der Waals surface area contributed by atoms with Crippen molar-refractivity contribution in [1.82, 2.24) is 20.4 Å². The molecule has 0 fully saturated rings. The highest BCUT2D eigenvalue weighted by Gasteiger charge is 2.10. The molecule has 0 bridgehead atoms. The van der Waals surface area contributed by atoms with E-state index in [0.29, 0.717) is 18.7 Å². The topological polar surface area (TPSA) is 76.0 Å². The zero-order valence-electron chi connectivity index (χ0n) is 15.2. The lowest BCUT2D eigenvalue weighted by Crippen LogP contribution is -2.36. The highest BCUT2D eigenvalue weighted by molar-refractivity contribution is 5.97. The maximum atomic E-state index is 12.1. The standard InChI is InChI=1S/C21H22N4O2/c1-16-6-2-3-9-19(16)21(27)23-14-20(26)22-13-17-7-4-8-18(12-17)15-25-11-5-10-24-25/h2-12H,13-15H2,1H3,(H,22,26)(H,23,27). The summed E-state index contributed by atoms with van der Waals surface area (Å²) in [5.74, 6) is -0.473. The molecule has 2 aromatic carbocycles. The number of amides is 2. The van der Waals surface area contributed by atoms with E-state index in [4.69, 9.17) is 0 Å². The number of aromatic nitrogens is 2. The molecule has 0 unspecified atom stereocenters. The molecule has 0 saturated heterocycles. The number of nitrogens with one attached hydrogen (secondary N) is 2. The zero-order valence-corrected chi connectivity index (χ0v) is 15.2. The summed E-state index contributed by atoms with van der Waals surface area (Å²) in [6.45, 7) is 2.90. The van der Waals surface area contributed by atoms with Crippen molar-refractivity contribution < 1.29 is 9.59 Å². The van der Waals surface area contributed by atoms with Gasteiger partial charge in [-0.1, -0.05) is 42.5 Å². The lowest BCUT2D eigenvalue weighted by atomic mass is 10.1. The summed E-state index contributed by atoms with van der Waals surface area (Å²) in [6.07, 6.45) is 3.65. The van der Waals surface area contributed by atoms with E-state index in [-0.39, 0.29) is 18.4 Å². The summed E-state index contributed by atoms with van der Waals surface area (Å²) in [4.78, 5) is 24.2. The molecule has 3 rings (SSSR count). The molecule has 138 valence electrons. The molecule has 0 radical (unpaired) electrons. The fraction of sp³-hybridized carbons (Fsp3) is 0.190. The number of aryl methyl sites for hydroxylation is 1. The van der Waals surface area contributed by atoms with E-state index in [1.54, 1.807) is 18.3 Å². The maximum absolute atomic E-state index is 12.1. The van der Waals surface area contributed by atoms with Crippen LogP contribution in [0.3, 0.4) is 0 Å². The number of carbonyl (C=O) groups excluding carboxylic acids is 2. The summed E-state index contributed by atoms with van der Waals surface area (Å²) >= 11 is 0. The summed E-state index contributed by atoms with van der Waals surface area (Å²) in [5, 5.41) is 9.68. The van der Waals surface area contributed by atoms with Gasteiger partial charge in [0.2, 0.25) is 5.91 Å². The van der Waals surface area contributed by atoms with Crippen LogP contribution in [0.2, 0.25) is 0 Å². The van der Waals surface area contributed by atoms with Crippen LogP contribution in [-0.4, -0.2) is 28.1 Å². The smallest absolute Gasteiger partial charge is 0.251 e. The Hall–Kier alpha value is -3.41. The van der Waals surface area contributed by atoms with Crippen molar-refractivity contribution in [2.24, 2.45) is 0 Å². The number of rotatable bonds is 7. The van der Waals surface area contributed by atoms with Crippen LogP contribution in [0, 0.1) is 6.92 Å². The van der Waals surface area contributed by atoms with Crippen LogP contribution < -0.4 is 10.6 Å². The second-order valence-corrected chi connectivity index (χ2v) is 6.30. The summed E-state index contributed by atoms with van der Waals surface area (Å²) < 4.78 is 1.85. The van der Waals surface area contributed by atoms with E-state index < -0.39 is 0 Å². The molecule has 0 aliphatic rings. The lowest BCUT2D eigenvalue weighted by molar-refractivity contribution is -0.120. The van der Waals surface area contributed by atoms with Gasteiger partial charge in [0.15, 0.2) is 0 Å². The molecule has 2 N–H and O–H groups in total. The van der Waals surface area contributed by atoms with E-state index in [1.807, 2.05) is 60.3 Å². The molecule has 2 amide bonds. The largest absolute Gasteiger partial charge is 0.350 e. The first-order valence-electron chi connectivity index (χ1n) is 8.77. The third kappa shape index (κ3) is 5.28. The van der Waals surface area contributed by atoms with Crippen LogP contribution in [0.4, 0.5) is 0 Å². The van der Waals surface area contributed by atoms with Gasteiger partial charge in [-0.2, -0.15) is 5.10 Å². The first kappa shape index (κ1) is 18.4. The van der Waals surface area contributed by atoms with Crippen molar-refractivity contribution in [1.29, 1.82) is 0 Å². The van der Waals surface area contributed by atoms with Crippen LogP contribution in [0.5, 0.6) is 0 Å². The minimum atomic E-state index is -0.246. The molecular weight excluding hydrogens is 340 g/mol. The van der Waals surface area contributed by atoms with E-state index in [2.05, 4.69) is 15.7 Å². The van der Waals surface area contributed by atoms with Gasteiger partial charge in [0, 0.05) is 24.5 Å². The second kappa shape index (κ2) is 8.80. The molecule has 0 saturated carbocycles. The average Bonchev–Trinajstić information content (AvgIpc) is 3.18. The maximum Gasteiger partial charge on any atom is 0.251 e. The van der Waals surface area contributed by atoms with Crippen molar-refractivity contribution in [2.45, 2.75) is 20.0 Å². The Morgan fingerprint density at radius 3 is 2.59 bits per heavy atom. The molecule has 1 aromatic heterocycles. The number of hydrogen-bond donors (Lipinski definition) is 2. The molecule has 6 nitrogen and oxygen atoms in total. The third-order valence-electron chi connectivity index (χ3n) is 4.18. The molecular formula is C21H22N4O2. The number of carbonyl (C=O) groups is 2. The summed E-state index contributed by atoms with van der Waals surface area (Å²) in [7, 11) is 0. The van der Waals surface area contributed by atoms with Gasteiger partial charge in [0.1, 0.15) is 0 Å². The predicted molar refractivity (Wildman–Crippen MR) is 103 cm³/mol. The SMILES string of the molecule is Cc1ccccc1C(=O)NCC(=O)NCc1cccc(Cn2cccn2)c1. The van der Waals surface area contributed by atoms with Gasteiger partial charge in [-0.25, -0.2) is 0 Å². The number of benzene rings is 2. The molecule has 0 atom stereocenters. The third-order valence-corrected chi connectivity index (χ3v) is 4.18. The quantitative estimate of drug-likeness (QED) is 0.677. The van der Waals surface area contributed by atoms with Crippen LogP contribution in [-0.2, 0) is 17.9 Å². The molecule has 0 aliphatic carbocycles. The summed E-state index contributed by atoms with van der Waals surface area (Å²) in [6, 6.07) is 17.1. The highest BCUT2D eigenvalue weighted by Crippen LogP contribution is 2.07. The zero-order chi connectivity index (χ0) is 19.1. The fourth-order valence-electron chi connectivity index (χ4n) is 2.77. The highest BCUT2D eigenvalue weighted by atomic mass is 16.2. The van der Waals surface area contributed by atoms with Crippen LogP contribution in [0.25, 0.3) is 0 Å². The van der Waals surface area contributed by atoms with Crippen molar-refractivity contribution in [3.05, 3.63) is 89.2 Å². The van der Waals surface area contributed by atoms with Crippen LogP contribution >= 0.6 is 0 Å². The Kier molecular flexibility index (Phi) is 5.99. The fourth-order valence-corrected chi connectivity index (χ4v) is 2.77. The molecule has 27 heavy (non-hydrogen) atoms. The van der Waals surface area contributed by atoms with E-state index >= 15 is 0 Å². The molecule has 3 aromatic rings. The monoisotopic (exact) mass is 362 g/mol. The minimum absolute atomic E-state index is 0.0554. The average molecular weight is 362 g/mol. The first-order valence-corrected chi connectivity index (χ1v) is 8.77. The Morgan fingerprint density at radius 1 is 1.00 bits per heavy atom. The van der Waals surface area contributed by atoms with Crippen LogP contribution in [0.1, 0.15) is 27.0 Å². The minimum Gasteiger partial charge on any atom is -0.350 e. The molecule has 0 aliphatic heterocycles. The molecule has 1 heterocycles. The lowest BCUT2D eigenvalue weighted by Gasteiger charge is -2.09. The van der Waals surface area contributed by atoms with Crippen molar-refractivity contribution in [2.75, 3.05) is 6.54 Å². The molecule has 0 spiro atoms. The Balaban J connectivity index is 1.48. The predicted octanol–water partition coefficient (Wildman–Crippen LogP) is 2.29. The number of hydrogen-bond acceptors (Lipinski definition) is 3.